The molecule has 4 heteroatoms. The van der Waals surface area contributed by atoms with Gasteiger partial charge < -0.3 is 5.11 Å². The smallest absolute Gasteiger partial charge is 0.327 e. The van der Waals surface area contributed by atoms with Crippen LogP contribution in [0.2, 0.25) is 0 Å². The second-order valence-electron chi connectivity index (χ2n) is 2.68. The lowest BCUT2D eigenvalue weighted by molar-refractivity contribution is -0.131. The van der Waals surface area contributed by atoms with Crippen LogP contribution in [-0.4, -0.2) is 11.1 Å². The van der Waals surface area contributed by atoms with Crippen molar-refractivity contribution < 1.29 is 18.7 Å². The van der Waals surface area contributed by atoms with E-state index in [2.05, 4.69) is 0 Å². The number of hydrogen-bond acceptors (Lipinski definition) is 1. The zero-order chi connectivity index (χ0) is 10.6. The summed E-state index contributed by atoms with van der Waals surface area (Å²) in [6.07, 6.45) is 2.36. The first-order valence-corrected chi connectivity index (χ1v) is 3.93. The van der Waals surface area contributed by atoms with Crippen LogP contribution in [0.1, 0.15) is 5.56 Å². The monoisotopic (exact) mass is 198 g/mol. The summed E-state index contributed by atoms with van der Waals surface area (Å²) in [4.78, 5) is 10.1. The summed E-state index contributed by atoms with van der Waals surface area (Å²) < 4.78 is 25.4. The van der Waals surface area contributed by atoms with Gasteiger partial charge in [-0.25, -0.2) is 13.6 Å². The van der Waals surface area contributed by atoms with Crippen LogP contribution in [0, 0.1) is 11.6 Å². The fourth-order valence-electron chi connectivity index (χ4n) is 0.974. The van der Waals surface area contributed by atoms with Gasteiger partial charge in [-0.1, -0.05) is 12.1 Å². The number of carbonyl (C=O) groups is 1. The molecule has 1 rings (SSSR count). The predicted octanol–water partition coefficient (Wildman–Crippen LogP) is 2.15. The minimum Gasteiger partial charge on any atom is -0.478 e. The Balaban J connectivity index is 2.73. The Morgan fingerprint density at radius 3 is 2.71 bits per heavy atom. The van der Waals surface area contributed by atoms with E-state index in [1.165, 1.54) is 12.1 Å². The highest BCUT2D eigenvalue weighted by Gasteiger charge is 2.01. The molecule has 0 atom stereocenters. The van der Waals surface area contributed by atoms with Crippen molar-refractivity contribution in [1.29, 1.82) is 0 Å². The lowest BCUT2D eigenvalue weighted by atomic mass is 10.1. The Morgan fingerprint density at radius 1 is 1.43 bits per heavy atom. The topological polar surface area (TPSA) is 37.3 Å². The summed E-state index contributed by atoms with van der Waals surface area (Å²) in [6.45, 7) is 0. The molecule has 14 heavy (non-hydrogen) atoms. The Morgan fingerprint density at radius 2 is 2.14 bits per heavy atom. The molecule has 0 fully saturated rings. The molecule has 0 amide bonds. The highest BCUT2D eigenvalue weighted by Crippen LogP contribution is 2.10. The van der Waals surface area contributed by atoms with Gasteiger partial charge >= 0.3 is 5.97 Å². The van der Waals surface area contributed by atoms with E-state index < -0.39 is 17.6 Å². The molecule has 0 aromatic heterocycles. The fourth-order valence-corrected chi connectivity index (χ4v) is 0.974. The number of aliphatic carboxylic acids is 1. The third-order valence-corrected chi connectivity index (χ3v) is 1.61. The van der Waals surface area contributed by atoms with Gasteiger partial charge in [0.1, 0.15) is 11.6 Å². The number of allylic oxidation sites excluding steroid dienone is 1. The van der Waals surface area contributed by atoms with Crippen LogP contribution in [0.5, 0.6) is 0 Å². The van der Waals surface area contributed by atoms with E-state index in [1.54, 1.807) is 0 Å². The third kappa shape index (κ3) is 2.97. The van der Waals surface area contributed by atoms with Crippen LogP contribution >= 0.6 is 0 Å². The molecule has 0 unspecified atom stereocenters. The molecule has 0 aliphatic heterocycles. The van der Waals surface area contributed by atoms with Crippen molar-refractivity contribution >= 4 is 5.97 Å². The molecular weight excluding hydrogens is 190 g/mol. The lowest BCUT2D eigenvalue weighted by Crippen LogP contribution is -1.91. The molecule has 1 aromatic carbocycles. The number of carboxylic acids is 1. The molecule has 0 aliphatic carbocycles. The van der Waals surface area contributed by atoms with E-state index in [0.717, 1.165) is 18.2 Å². The lowest BCUT2D eigenvalue weighted by Gasteiger charge is -1.98. The molecule has 0 spiro atoms. The molecular formula is C10H8F2O2. The summed E-state index contributed by atoms with van der Waals surface area (Å²) in [7, 11) is 0. The van der Waals surface area contributed by atoms with Gasteiger partial charge in [0.25, 0.3) is 0 Å². The van der Waals surface area contributed by atoms with Crippen LogP contribution in [0.15, 0.2) is 30.4 Å². The number of hydrogen-bond donors (Lipinski definition) is 1. The molecule has 0 saturated carbocycles. The first-order valence-electron chi connectivity index (χ1n) is 3.93. The average Bonchev–Trinajstić information content (AvgIpc) is 2.08. The zero-order valence-electron chi connectivity index (χ0n) is 7.21. The van der Waals surface area contributed by atoms with Gasteiger partial charge in [0.15, 0.2) is 0 Å². The summed E-state index contributed by atoms with van der Waals surface area (Å²) in [5, 5.41) is 8.26. The van der Waals surface area contributed by atoms with Gasteiger partial charge in [0, 0.05) is 12.1 Å². The Hall–Kier alpha value is -1.71. The number of carboxylic acid groups (broad SMARTS) is 1. The highest BCUT2D eigenvalue weighted by molar-refractivity contribution is 5.79. The molecule has 1 aromatic rings. The van der Waals surface area contributed by atoms with Crippen molar-refractivity contribution in [3.8, 4) is 0 Å². The Bertz CT molecular complexity index is 372. The number of rotatable bonds is 3. The Kier molecular flexibility index (Phi) is 3.34. The van der Waals surface area contributed by atoms with E-state index in [-0.39, 0.29) is 12.0 Å². The van der Waals surface area contributed by atoms with Gasteiger partial charge in [-0.05, 0) is 18.1 Å². The SMILES string of the molecule is O=C(O)C=CCc1ccc(F)cc1F. The van der Waals surface area contributed by atoms with Gasteiger partial charge in [-0.3, -0.25) is 0 Å². The molecule has 74 valence electrons. The first-order chi connectivity index (χ1) is 6.59. The maximum Gasteiger partial charge on any atom is 0.327 e. The van der Waals surface area contributed by atoms with Crippen LogP contribution in [0.3, 0.4) is 0 Å². The van der Waals surface area contributed by atoms with Crippen molar-refractivity contribution in [2.75, 3.05) is 0 Å². The molecule has 1 N–H and O–H groups in total. The fraction of sp³-hybridized carbons (Fsp3) is 0.100. The molecule has 0 radical (unpaired) electrons. The van der Waals surface area contributed by atoms with Crippen LogP contribution in [-0.2, 0) is 11.2 Å². The van der Waals surface area contributed by atoms with Crippen LogP contribution < -0.4 is 0 Å². The number of halogens is 2. The average molecular weight is 198 g/mol. The minimum absolute atomic E-state index is 0.137. The maximum absolute atomic E-state index is 13.0. The van der Waals surface area contributed by atoms with Crippen molar-refractivity contribution in [1.82, 2.24) is 0 Å². The summed E-state index contributed by atoms with van der Waals surface area (Å²) in [5.74, 6) is -2.40. The van der Waals surface area contributed by atoms with Crippen LogP contribution in [0.25, 0.3) is 0 Å². The normalized spacial score (nSPS) is 10.7. The first kappa shape index (κ1) is 10.4. The molecule has 0 heterocycles. The zero-order valence-corrected chi connectivity index (χ0v) is 7.21. The predicted molar refractivity (Wildman–Crippen MR) is 46.8 cm³/mol. The second-order valence-corrected chi connectivity index (χ2v) is 2.68. The summed E-state index contributed by atoms with van der Waals surface area (Å²) >= 11 is 0. The van der Waals surface area contributed by atoms with E-state index in [9.17, 15) is 13.6 Å². The quantitative estimate of drug-likeness (QED) is 0.755. The Labute approximate surface area is 79.5 Å². The highest BCUT2D eigenvalue weighted by atomic mass is 19.1. The van der Waals surface area contributed by atoms with Gasteiger partial charge in [0.05, 0.1) is 0 Å². The van der Waals surface area contributed by atoms with Gasteiger partial charge in [-0.2, -0.15) is 0 Å². The van der Waals surface area contributed by atoms with Gasteiger partial charge in [-0.15, -0.1) is 0 Å². The van der Waals surface area contributed by atoms with Crippen molar-refractivity contribution in [2.24, 2.45) is 0 Å². The second kappa shape index (κ2) is 4.50. The maximum atomic E-state index is 13.0. The summed E-state index contributed by atoms with van der Waals surface area (Å²) in [5.41, 5.74) is 0.268. The van der Waals surface area contributed by atoms with E-state index in [1.807, 2.05) is 0 Å². The molecule has 0 bridgehead atoms. The van der Waals surface area contributed by atoms with E-state index >= 15 is 0 Å². The largest absolute Gasteiger partial charge is 0.478 e. The van der Waals surface area contributed by atoms with Crippen molar-refractivity contribution in [2.45, 2.75) is 6.42 Å². The standard InChI is InChI=1S/C10H8F2O2/c11-8-5-4-7(9(12)6-8)2-1-3-10(13)14/h1,3-6H,2H2,(H,13,14). The van der Waals surface area contributed by atoms with Crippen molar-refractivity contribution in [3.05, 3.63) is 47.5 Å². The molecule has 0 saturated heterocycles. The van der Waals surface area contributed by atoms with Crippen molar-refractivity contribution in [3.63, 3.8) is 0 Å². The molecule has 0 aliphatic rings. The van der Waals surface area contributed by atoms with E-state index in [4.69, 9.17) is 5.11 Å². The third-order valence-electron chi connectivity index (χ3n) is 1.61. The minimum atomic E-state index is -1.09. The molecule has 2 nitrogen and oxygen atoms in total. The van der Waals surface area contributed by atoms with E-state index in [0.29, 0.717) is 0 Å². The number of benzene rings is 1. The van der Waals surface area contributed by atoms with Gasteiger partial charge in [0.2, 0.25) is 0 Å². The summed E-state index contributed by atoms with van der Waals surface area (Å²) in [6, 6.07) is 3.19. The van der Waals surface area contributed by atoms with Crippen LogP contribution in [0.4, 0.5) is 8.78 Å².